The van der Waals surface area contributed by atoms with E-state index in [9.17, 15) is 9.59 Å². The molecule has 0 saturated heterocycles. The zero-order valence-corrected chi connectivity index (χ0v) is 17.7. The first-order valence-electron chi connectivity index (χ1n) is 10.4. The number of esters is 2. The summed E-state index contributed by atoms with van der Waals surface area (Å²) >= 11 is 0. The Bertz CT molecular complexity index is 1140. The average molecular weight is 425 g/mol. The van der Waals surface area contributed by atoms with Crippen LogP contribution in [0, 0.1) is 0 Å². The van der Waals surface area contributed by atoms with Crippen molar-refractivity contribution >= 4 is 23.9 Å². The van der Waals surface area contributed by atoms with Crippen LogP contribution in [0.3, 0.4) is 0 Å². The molecule has 3 aromatic rings. The van der Waals surface area contributed by atoms with Crippen LogP contribution in [-0.4, -0.2) is 29.5 Å². The van der Waals surface area contributed by atoms with Crippen molar-refractivity contribution in [2.24, 2.45) is 4.99 Å². The summed E-state index contributed by atoms with van der Waals surface area (Å²) in [5.41, 5.74) is 1.04. The molecule has 0 saturated carbocycles. The van der Waals surface area contributed by atoms with E-state index in [-0.39, 0.29) is 12.3 Å². The van der Waals surface area contributed by atoms with Gasteiger partial charge in [0.05, 0.1) is 0 Å². The topological polar surface area (TPSA) is 65.0 Å². The standard InChI is InChI=1S/C27H23NO4/c1-20(29)31-24(18-17-21-11-5-2-6-12-21)27(19-22-13-7-3-8-14-22)26(30)32-25(28-27)23-15-9-4-10-16-23/h2-18,24H,19H2,1H3/b18-17+/t24-,27-/m1/s1. The highest BCUT2D eigenvalue weighted by molar-refractivity contribution is 6.08. The highest BCUT2D eigenvalue weighted by Crippen LogP contribution is 2.34. The molecule has 0 N–H and O–H groups in total. The molecule has 0 spiro atoms. The van der Waals surface area contributed by atoms with Crippen LogP contribution in [-0.2, 0) is 25.5 Å². The zero-order valence-electron chi connectivity index (χ0n) is 17.7. The first kappa shape index (κ1) is 21.2. The lowest BCUT2D eigenvalue weighted by Crippen LogP contribution is -2.49. The van der Waals surface area contributed by atoms with E-state index in [4.69, 9.17) is 14.5 Å². The lowest BCUT2D eigenvalue weighted by atomic mass is 9.85. The minimum absolute atomic E-state index is 0.219. The van der Waals surface area contributed by atoms with E-state index in [1.165, 1.54) is 6.92 Å². The molecule has 0 bridgehead atoms. The summed E-state index contributed by atoms with van der Waals surface area (Å²) in [4.78, 5) is 30.1. The van der Waals surface area contributed by atoms with E-state index in [0.717, 1.165) is 11.1 Å². The SMILES string of the molecule is CC(=O)O[C@H](/C=C/c1ccccc1)[C@@]1(Cc2ccccc2)N=C(c2ccccc2)OC1=O. The van der Waals surface area contributed by atoms with E-state index < -0.39 is 23.6 Å². The Kier molecular flexibility index (Phi) is 6.26. The Labute approximate surface area is 187 Å². The Morgan fingerprint density at radius 3 is 2.19 bits per heavy atom. The summed E-state index contributed by atoms with van der Waals surface area (Å²) < 4.78 is 11.3. The van der Waals surface area contributed by atoms with Crippen molar-refractivity contribution in [3.05, 3.63) is 114 Å². The molecule has 0 aliphatic carbocycles. The first-order valence-corrected chi connectivity index (χ1v) is 10.4. The van der Waals surface area contributed by atoms with Crippen LogP contribution in [0.2, 0.25) is 0 Å². The van der Waals surface area contributed by atoms with Gasteiger partial charge in [0.1, 0.15) is 0 Å². The third-order valence-corrected chi connectivity index (χ3v) is 5.21. The predicted octanol–water partition coefficient (Wildman–Crippen LogP) is 4.62. The van der Waals surface area contributed by atoms with Gasteiger partial charge in [-0.3, -0.25) is 4.79 Å². The molecule has 5 heteroatoms. The van der Waals surface area contributed by atoms with Gasteiger partial charge >= 0.3 is 11.9 Å². The first-order chi connectivity index (χ1) is 15.6. The lowest BCUT2D eigenvalue weighted by Gasteiger charge is -2.29. The van der Waals surface area contributed by atoms with E-state index in [1.54, 1.807) is 6.08 Å². The van der Waals surface area contributed by atoms with Crippen molar-refractivity contribution in [3.63, 3.8) is 0 Å². The summed E-state index contributed by atoms with van der Waals surface area (Å²) in [6.07, 6.45) is 2.80. The molecule has 5 nitrogen and oxygen atoms in total. The van der Waals surface area contributed by atoms with Gasteiger partial charge in [-0.25, -0.2) is 9.79 Å². The fourth-order valence-electron chi connectivity index (χ4n) is 3.67. The second-order valence-corrected chi connectivity index (χ2v) is 7.56. The summed E-state index contributed by atoms with van der Waals surface area (Å²) in [6.45, 7) is 1.32. The number of rotatable bonds is 7. The molecule has 0 amide bonds. The second-order valence-electron chi connectivity index (χ2n) is 7.56. The van der Waals surface area contributed by atoms with Crippen molar-refractivity contribution in [3.8, 4) is 0 Å². The number of carbonyl (C=O) groups is 2. The van der Waals surface area contributed by atoms with Gasteiger partial charge in [0, 0.05) is 18.9 Å². The monoisotopic (exact) mass is 425 g/mol. The average Bonchev–Trinajstić information content (AvgIpc) is 3.15. The van der Waals surface area contributed by atoms with Crippen LogP contribution in [0.4, 0.5) is 0 Å². The highest BCUT2D eigenvalue weighted by atomic mass is 16.6. The summed E-state index contributed by atoms with van der Waals surface area (Å²) in [6, 6.07) is 28.3. The normalized spacial score (nSPS) is 18.8. The Morgan fingerprint density at radius 1 is 0.969 bits per heavy atom. The number of hydrogen-bond donors (Lipinski definition) is 0. The maximum atomic E-state index is 13.4. The van der Waals surface area contributed by atoms with Crippen LogP contribution < -0.4 is 0 Å². The molecule has 2 atom stereocenters. The zero-order chi connectivity index (χ0) is 22.4. The van der Waals surface area contributed by atoms with Gasteiger partial charge in [0.25, 0.3) is 0 Å². The van der Waals surface area contributed by atoms with Crippen LogP contribution in [0.5, 0.6) is 0 Å². The van der Waals surface area contributed by atoms with E-state index in [1.807, 2.05) is 97.1 Å². The Balaban J connectivity index is 1.81. The summed E-state index contributed by atoms with van der Waals surface area (Å²) in [7, 11) is 0. The number of ether oxygens (including phenoxy) is 2. The molecule has 3 aromatic carbocycles. The smallest absolute Gasteiger partial charge is 0.345 e. The van der Waals surface area contributed by atoms with Crippen molar-refractivity contribution in [1.29, 1.82) is 0 Å². The Morgan fingerprint density at radius 2 is 1.56 bits per heavy atom. The largest absolute Gasteiger partial charge is 0.455 e. The lowest BCUT2D eigenvalue weighted by molar-refractivity contribution is -0.153. The van der Waals surface area contributed by atoms with Gasteiger partial charge < -0.3 is 9.47 Å². The van der Waals surface area contributed by atoms with Crippen molar-refractivity contribution < 1.29 is 19.1 Å². The molecule has 0 fully saturated rings. The van der Waals surface area contributed by atoms with E-state index in [2.05, 4.69) is 0 Å². The van der Waals surface area contributed by atoms with Crippen LogP contribution in [0.25, 0.3) is 6.08 Å². The van der Waals surface area contributed by atoms with Gasteiger partial charge in [-0.15, -0.1) is 0 Å². The van der Waals surface area contributed by atoms with Crippen LogP contribution in [0.15, 0.2) is 102 Å². The molecule has 0 radical (unpaired) electrons. The molecule has 160 valence electrons. The molecule has 0 unspecified atom stereocenters. The third-order valence-electron chi connectivity index (χ3n) is 5.21. The summed E-state index contributed by atoms with van der Waals surface area (Å²) in [5.74, 6) is -0.836. The van der Waals surface area contributed by atoms with Crippen molar-refractivity contribution in [2.75, 3.05) is 0 Å². The molecule has 32 heavy (non-hydrogen) atoms. The number of hydrogen-bond acceptors (Lipinski definition) is 5. The van der Waals surface area contributed by atoms with Gasteiger partial charge in [0.15, 0.2) is 6.10 Å². The number of aliphatic imine (C=N–C) groups is 1. The van der Waals surface area contributed by atoms with Crippen LogP contribution in [0.1, 0.15) is 23.6 Å². The van der Waals surface area contributed by atoms with Crippen LogP contribution >= 0.6 is 0 Å². The molecule has 1 aliphatic rings. The number of cyclic esters (lactones) is 1. The molecular weight excluding hydrogens is 402 g/mol. The Hall–Kier alpha value is -3.99. The number of benzene rings is 3. The summed E-state index contributed by atoms with van der Waals surface area (Å²) in [5, 5.41) is 0. The maximum absolute atomic E-state index is 13.4. The molecular formula is C27H23NO4. The predicted molar refractivity (Wildman–Crippen MR) is 123 cm³/mol. The molecule has 0 aromatic heterocycles. The highest BCUT2D eigenvalue weighted by Gasteiger charge is 2.53. The molecule has 4 rings (SSSR count). The minimum Gasteiger partial charge on any atom is -0.455 e. The number of nitrogens with zero attached hydrogens (tertiary/aromatic N) is 1. The maximum Gasteiger partial charge on any atom is 0.345 e. The fraction of sp³-hybridized carbons (Fsp3) is 0.148. The minimum atomic E-state index is -1.44. The molecule has 1 aliphatic heterocycles. The van der Waals surface area contributed by atoms with Crippen molar-refractivity contribution in [1.82, 2.24) is 0 Å². The quantitative estimate of drug-likeness (QED) is 0.518. The fourth-order valence-corrected chi connectivity index (χ4v) is 3.67. The molecule has 1 heterocycles. The van der Waals surface area contributed by atoms with E-state index in [0.29, 0.717) is 5.56 Å². The van der Waals surface area contributed by atoms with Gasteiger partial charge in [-0.2, -0.15) is 0 Å². The van der Waals surface area contributed by atoms with Gasteiger partial charge in [-0.1, -0.05) is 84.9 Å². The van der Waals surface area contributed by atoms with Gasteiger partial charge in [-0.05, 0) is 29.3 Å². The second kappa shape index (κ2) is 9.43. The number of carbonyl (C=O) groups excluding carboxylic acids is 2. The van der Waals surface area contributed by atoms with Crippen molar-refractivity contribution in [2.45, 2.75) is 25.0 Å². The van der Waals surface area contributed by atoms with E-state index >= 15 is 0 Å². The third kappa shape index (κ3) is 4.67. The van der Waals surface area contributed by atoms with Gasteiger partial charge in [0.2, 0.25) is 11.4 Å².